The molecule has 0 radical (unpaired) electrons. The highest BCUT2D eigenvalue weighted by molar-refractivity contribution is 6.31. The van der Waals surface area contributed by atoms with E-state index in [1.54, 1.807) is 25.3 Å². The van der Waals surface area contributed by atoms with Gasteiger partial charge in [0.05, 0.1) is 18.8 Å². The molecule has 2 aromatic carbocycles. The van der Waals surface area contributed by atoms with Crippen LogP contribution in [0.15, 0.2) is 42.5 Å². The fourth-order valence-corrected chi connectivity index (χ4v) is 4.25. The standard InChI is InChI=1S/C21H24Cl2N4O2/c1-29-19-7-6-16(23)12-17(19)21(28)27-10-8-26(9-11-27)20-13-18(24-25-20)14-2-4-15(22)5-3-14/h2-7,12,18,20,24-25H,8-11,13H2,1H3. The van der Waals surface area contributed by atoms with Crippen molar-refractivity contribution < 1.29 is 9.53 Å². The number of ether oxygens (including phenoxy) is 1. The average Bonchev–Trinajstić information content (AvgIpc) is 3.24. The zero-order valence-electron chi connectivity index (χ0n) is 16.2. The molecule has 2 unspecified atom stereocenters. The summed E-state index contributed by atoms with van der Waals surface area (Å²) < 4.78 is 5.33. The van der Waals surface area contributed by atoms with Gasteiger partial charge in [-0.05, 0) is 42.3 Å². The van der Waals surface area contributed by atoms with Crippen LogP contribution in [-0.4, -0.2) is 55.2 Å². The first-order valence-electron chi connectivity index (χ1n) is 9.68. The van der Waals surface area contributed by atoms with Crippen molar-refractivity contribution in [3.05, 3.63) is 63.6 Å². The lowest BCUT2D eigenvalue weighted by molar-refractivity contribution is 0.0542. The van der Waals surface area contributed by atoms with E-state index in [0.29, 0.717) is 29.4 Å². The Morgan fingerprint density at radius 2 is 1.69 bits per heavy atom. The normalized spacial score (nSPS) is 22.7. The number of hydrogen-bond acceptors (Lipinski definition) is 5. The van der Waals surface area contributed by atoms with Crippen molar-refractivity contribution in [1.82, 2.24) is 20.7 Å². The summed E-state index contributed by atoms with van der Waals surface area (Å²) in [4.78, 5) is 17.2. The molecular formula is C21H24Cl2N4O2. The van der Waals surface area contributed by atoms with Crippen molar-refractivity contribution in [3.8, 4) is 5.75 Å². The van der Waals surface area contributed by atoms with Crippen molar-refractivity contribution in [2.45, 2.75) is 18.6 Å². The van der Waals surface area contributed by atoms with Gasteiger partial charge in [0.1, 0.15) is 5.75 Å². The average molecular weight is 435 g/mol. The lowest BCUT2D eigenvalue weighted by Crippen LogP contribution is -2.55. The molecule has 0 aliphatic carbocycles. The largest absolute Gasteiger partial charge is 0.496 e. The molecule has 0 aromatic heterocycles. The van der Waals surface area contributed by atoms with E-state index < -0.39 is 0 Å². The second-order valence-corrected chi connectivity index (χ2v) is 8.19. The maximum Gasteiger partial charge on any atom is 0.257 e. The van der Waals surface area contributed by atoms with Crippen LogP contribution in [0.25, 0.3) is 0 Å². The Morgan fingerprint density at radius 1 is 1.00 bits per heavy atom. The van der Waals surface area contributed by atoms with Gasteiger partial charge in [-0.2, -0.15) is 0 Å². The summed E-state index contributed by atoms with van der Waals surface area (Å²) in [6.45, 7) is 2.94. The maximum absolute atomic E-state index is 13.0. The quantitative estimate of drug-likeness (QED) is 0.772. The van der Waals surface area contributed by atoms with Crippen LogP contribution in [0.1, 0.15) is 28.4 Å². The molecule has 2 N–H and O–H groups in total. The monoisotopic (exact) mass is 434 g/mol. The van der Waals surface area contributed by atoms with Gasteiger partial charge in [0, 0.05) is 42.3 Å². The Bertz CT molecular complexity index is 869. The minimum absolute atomic E-state index is 0.0412. The van der Waals surface area contributed by atoms with E-state index in [2.05, 4.69) is 27.9 Å². The molecule has 0 bridgehead atoms. The highest BCUT2D eigenvalue weighted by Crippen LogP contribution is 2.27. The van der Waals surface area contributed by atoms with Gasteiger partial charge >= 0.3 is 0 Å². The van der Waals surface area contributed by atoms with Crippen LogP contribution in [0.5, 0.6) is 5.75 Å². The van der Waals surface area contributed by atoms with Crippen molar-refractivity contribution >= 4 is 29.1 Å². The van der Waals surface area contributed by atoms with Gasteiger partial charge in [0.2, 0.25) is 0 Å². The van der Waals surface area contributed by atoms with E-state index in [9.17, 15) is 4.79 Å². The number of benzene rings is 2. The molecule has 0 spiro atoms. The summed E-state index contributed by atoms with van der Waals surface area (Å²) in [7, 11) is 1.56. The second-order valence-electron chi connectivity index (χ2n) is 7.32. The number of nitrogens with zero attached hydrogens (tertiary/aromatic N) is 2. The summed E-state index contributed by atoms with van der Waals surface area (Å²) in [6, 6.07) is 13.3. The van der Waals surface area contributed by atoms with Gasteiger partial charge in [-0.3, -0.25) is 9.69 Å². The predicted octanol–water partition coefficient (Wildman–Crippen LogP) is 3.33. The molecule has 0 saturated carbocycles. The van der Waals surface area contributed by atoms with Crippen LogP contribution in [0.3, 0.4) is 0 Å². The van der Waals surface area contributed by atoms with Crippen molar-refractivity contribution in [2.24, 2.45) is 0 Å². The molecule has 1 amide bonds. The van der Waals surface area contributed by atoms with Crippen LogP contribution in [0, 0.1) is 0 Å². The zero-order chi connectivity index (χ0) is 20.4. The van der Waals surface area contributed by atoms with E-state index in [0.717, 1.165) is 24.5 Å². The topological polar surface area (TPSA) is 56.8 Å². The Balaban J connectivity index is 1.34. The SMILES string of the molecule is COc1ccc(Cl)cc1C(=O)N1CCN(C2CC(c3ccc(Cl)cc3)NN2)CC1. The fraction of sp³-hybridized carbons (Fsp3) is 0.381. The highest BCUT2D eigenvalue weighted by atomic mass is 35.5. The van der Waals surface area contributed by atoms with Gasteiger partial charge in [-0.25, -0.2) is 10.9 Å². The van der Waals surface area contributed by atoms with Crippen molar-refractivity contribution in [1.29, 1.82) is 0 Å². The predicted molar refractivity (Wildman–Crippen MR) is 114 cm³/mol. The number of halogens is 2. The van der Waals surface area contributed by atoms with Crippen molar-refractivity contribution in [2.75, 3.05) is 33.3 Å². The molecule has 4 rings (SSSR count). The van der Waals surface area contributed by atoms with Gasteiger partial charge in [-0.15, -0.1) is 0 Å². The molecule has 2 fully saturated rings. The molecule has 154 valence electrons. The van der Waals surface area contributed by atoms with Gasteiger partial charge < -0.3 is 9.64 Å². The van der Waals surface area contributed by atoms with E-state index in [1.165, 1.54) is 5.56 Å². The molecule has 29 heavy (non-hydrogen) atoms. The minimum Gasteiger partial charge on any atom is -0.496 e. The molecule has 2 aliphatic rings. The lowest BCUT2D eigenvalue weighted by atomic mass is 10.0. The number of carbonyl (C=O) groups is 1. The third kappa shape index (κ3) is 4.52. The molecule has 2 aliphatic heterocycles. The first kappa shape index (κ1) is 20.4. The van der Waals surface area contributed by atoms with E-state index >= 15 is 0 Å². The van der Waals surface area contributed by atoms with Crippen LogP contribution < -0.4 is 15.6 Å². The van der Waals surface area contributed by atoms with Gasteiger partial charge in [-0.1, -0.05) is 35.3 Å². The minimum atomic E-state index is -0.0412. The molecule has 2 aromatic rings. The van der Waals surface area contributed by atoms with E-state index in [4.69, 9.17) is 27.9 Å². The highest BCUT2D eigenvalue weighted by Gasteiger charge is 2.33. The maximum atomic E-state index is 13.0. The summed E-state index contributed by atoms with van der Waals surface area (Å²) in [5, 5.41) is 1.27. The molecular weight excluding hydrogens is 411 g/mol. The molecule has 8 heteroatoms. The smallest absolute Gasteiger partial charge is 0.257 e. The summed E-state index contributed by atoms with van der Waals surface area (Å²) in [5.41, 5.74) is 8.49. The van der Waals surface area contributed by atoms with Crippen LogP contribution in [0.2, 0.25) is 10.0 Å². The number of piperazine rings is 1. The zero-order valence-corrected chi connectivity index (χ0v) is 17.7. The molecule has 2 saturated heterocycles. The number of amides is 1. The lowest BCUT2D eigenvalue weighted by Gasteiger charge is -2.37. The Kier molecular flexibility index (Phi) is 6.27. The Morgan fingerprint density at radius 3 is 2.38 bits per heavy atom. The number of carbonyl (C=O) groups excluding carboxylic acids is 1. The number of nitrogens with one attached hydrogen (secondary N) is 2. The van der Waals surface area contributed by atoms with E-state index in [1.807, 2.05) is 17.0 Å². The fourth-order valence-electron chi connectivity index (χ4n) is 3.95. The van der Waals surface area contributed by atoms with Crippen LogP contribution in [0.4, 0.5) is 0 Å². The third-order valence-corrected chi connectivity index (χ3v) is 6.08. The number of rotatable bonds is 4. The summed E-state index contributed by atoms with van der Waals surface area (Å²) in [5.74, 6) is 0.509. The molecule has 6 nitrogen and oxygen atoms in total. The third-order valence-electron chi connectivity index (χ3n) is 5.59. The molecule has 2 heterocycles. The number of methoxy groups -OCH3 is 1. The first-order chi connectivity index (χ1) is 14.0. The second kappa shape index (κ2) is 8.90. The Hall–Kier alpha value is -1.83. The number of hydrogen-bond donors (Lipinski definition) is 2. The first-order valence-corrected chi connectivity index (χ1v) is 10.4. The number of hydrazine groups is 1. The molecule has 2 atom stereocenters. The van der Waals surface area contributed by atoms with Crippen LogP contribution in [-0.2, 0) is 0 Å². The van der Waals surface area contributed by atoms with Gasteiger partial charge in [0.15, 0.2) is 0 Å². The van der Waals surface area contributed by atoms with Crippen LogP contribution >= 0.6 is 23.2 Å². The van der Waals surface area contributed by atoms with E-state index in [-0.39, 0.29) is 18.1 Å². The Labute approximate surface area is 180 Å². The summed E-state index contributed by atoms with van der Waals surface area (Å²) >= 11 is 12.1. The van der Waals surface area contributed by atoms with Gasteiger partial charge in [0.25, 0.3) is 5.91 Å². The van der Waals surface area contributed by atoms with Crippen molar-refractivity contribution in [3.63, 3.8) is 0 Å². The summed E-state index contributed by atoms with van der Waals surface area (Å²) in [6.07, 6.45) is 1.19.